The van der Waals surface area contributed by atoms with Gasteiger partial charge >= 0.3 is 0 Å². The van der Waals surface area contributed by atoms with Crippen LogP contribution in [0, 0.1) is 5.92 Å². The Labute approximate surface area is 265 Å². The van der Waals surface area contributed by atoms with Crippen LogP contribution in [0.2, 0.25) is 0 Å². The molecule has 2 aliphatic heterocycles. The van der Waals surface area contributed by atoms with Gasteiger partial charge in [0.25, 0.3) is 5.91 Å². The van der Waals surface area contributed by atoms with E-state index >= 15 is 0 Å². The summed E-state index contributed by atoms with van der Waals surface area (Å²) in [7, 11) is 0. The molecule has 0 aliphatic carbocycles. The SMILES string of the molecule is CC(C)CC(=O)N1CCC(Nc2cc(C(=O)NC[C@H](O)CN3CCc4cc(OCc5cnco5)ccc4C3)ccn2)CC1.S. The molecule has 2 aromatic heterocycles. The van der Waals surface area contributed by atoms with Crippen LogP contribution in [0.4, 0.5) is 5.82 Å². The number of carbonyl (C=O) groups excluding carboxylic acids is 2. The molecular weight excluding hydrogens is 580 g/mol. The maximum atomic E-state index is 12.9. The van der Waals surface area contributed by atoms with Crippen molar-refractivity contribution in [3.63, 3.8) is 0 Å². The highest BCUT2D eigenvalue weighted by Gasteiger charge is 2.24. The van der Waals surface area contributed by atoms with Crippen LogP contribution in [-0.2, 0) is 24.4 Å². The number of oxazole rings is 1. The van der Waals surface area contributed by atoms with Gasteiger partial charge < -0.3 is 29.8 Å². The van der Waals surface area contributed by atoms with Gasteiger partial charge in [0.05, 0.1) is 12.3 Å². The number of carbonyl (C=O) groups is 2. The number of ether oxygens (including phenoxy) is 1. The van der Waals surface area contributed by atoms with E-state index in [0.717, 1.165) is 51.2 Å². The summed E-state index contributed by atoms with van der Waals surface area (Å²) in [6, 6.07) is 9.69. The number of piperidine rings is 1. The van der Waals surface area contributed by atoms with E-state index in [4.69, 9.17) is 9.15 Å². The normalized spacial score (nSPS) is 16.1. The smallest absolute Gasteiger partial charge is 0.251 e. The molecule has 238 valence electrons. The number of likely N-dealkylation sites (tertiary alicyclic amines) is 1. The maximum Gasteiger partial charge on any atom is 0.251 e. The molecule has 11 nitrogen and oxygen atoms in total. The van der Waals surface area contributed by atoms with Gasteiger partial charge in [-0.3, -0.25) is 14.5 Å². The minimum Gasteiger partial charge on any atom is -0.486 e. The molecule has 5 rings (SSSR count). The Bertz CT molecular complexity index is 1360. The Kier molecular flexibility index (Phi) is 12.0. The van der Waals surface area contributed by atoms with Crippen LogP contribution < -0.4 is 15.4 Å². The van der Waals surface area contributed by atoms with Crippen molar-refractivity contribution in [1.29, 1.82) is 0 Å². The molecule has 1 fully saturated rings. The molecular formula is C32H44N6O5S. The maximum absolute atomic E-state index is 12.9. The van der Waals surface area contributed by atoms with Gasteiger partial charge in [0, 0.05) is 63.5 Å². The van der Waals surface area contributed by atoms with Crippen molar-refractivity contribution in [2.45, 2.75) is 64.8 Å². The van der Waals surface area contributed by atoms with Crippen molar-refractivity contribution in [3.05, 3.63) is 71.6 Å². The summed E-state index contributed by atoms with van der Waals surface area (Å²) in [5.74, 6) is 2.43. The van der Waals surface area contributed by atoms with Crippen LogP contribution in [0.25, 0.3) is 0 Å². The summed E-state index contributed by atoms with van der Waals surface area (Å²) in [4.78, 5) is 37.6. The van der Waals surface area contributed by atoms with Crippen LogP contribution in [0.1, 0.15) is 60.4 Å². The molecule has 44 heavy (non-hydrogen) atoms. The number of aliphatic hydroxyl groups excluding tert-OH is 1. The third-order valence-electron chi connectivity index (χ3n) is 7.91. The Balaban J connectivity index is 0.00000442. The van der Waals surface area contributed by atoms with Crippen LogP contribution in [-0.4, -0.2) is 81.6 Å². The first-order valence-electron chi connectivity index (χ1n) is 15.1. The topological polar surface area (TPSA) is 133 Å². The Hall–Kier alpha value is -3.61. The molecule has 3 N–H and O–H groups in total. The molecule has 3 aromatic rings. The molecule has 0 radical (unpaired) electrons. The fourth-order valence-electron chi connectivity index (χ4n) is 5.59. The monoisotopic (exact) mass is 624 g/mol. The van der Waals surface area contributed by atoms with Crippen molar-refractivity contribution in [1.82, 2.24) is 25.1 Å². The molecule has 0 spiro atoms. The zero-order valence-corrected chi connectivity index (χ0v) is 26.5. The second-order valence-corrected chi connectivity index (χ2v) is 11.9. The van der Waals surface area contributed by atoms with Crippen molar-refractivity contribution in [2.75, 3.05) is 38.0 Å². The average Bonchev–Trinajstić information content (AvgIpc) is 3.53. The molecule has 12 heteroatoms. The lowest BCUT2D eigenvalue weighted by Gasteiger charge is -2.33. The van der Waals surface area contributed by atoms with E-state index in [0.29, 0.717) is 42.6 Å². The molecule has 4 heterocycles. The quantitative estimate of drug-likeness (QED) is 0.278. The van der Waals surface area contributed by atoms with Crippen LogP contribution in [0.15, 0.2) is 53.5 Å². The molecule has 0 bridgehead atoms. The first-order chi connectivity index (χ1) is 20.8. The lowest BCUT2D eigenvalue weighted by atomic mass is 9.99. The van der Waals surface area contributed by atoms with Gasteiger partial charge in [0.2, 0.25) is 5.91 Å². The summed E-state index contributed by atoms with van der Waals surface area (Å²) in [6.07, 6.45) is 7.07. The lowest BCUT2D eigenvalue weighted by Crippen LogP contribution is -2.42. The molecule has 2 aliphatic rings. The summed E-state index contributed by atoms with van der Waals surface area (Å²) in [5.41, 5.74) is 2.93. The highest BCUT2D eigenvalue weighted by atomic mass is 32.1. The fraction of sp³-hybridized carbons (Fsp3) is 0.500. The van der Waals surface area contributed by atoms with Crippen molar-refractivity contribution < 1.29 is 23.8 Å². The van der Waals surface area contributed by atoms with E-state index in [1.165, 1.54) is 17.5 Å². The second kappa shape index (κ2) is 15.9. The van der Waals surface area contributed by atoms with Gasteiger partial charge in [-0.2, -0.15) is 13.5 Å². The van der Waals surface area contributed by atoms with E-state index in [-0.39, 0.29) is 37.9 Å². The predicted octanol–water partition coefficient (Wildman–Crippen LogP) is 3.36. The van der Waals surface area contributed by atoms with E-state index in [2.05, 4.69) is 51.5 Å². The number of aliphatic hydroxyl groups is 1. The van der Waals surface area contributed by atoms with Gasteiger partial charge in [0.15, 0.2) is 12.2 Å². The number of hydrogen-bond acceptors (Lipinski definition) is 9. The number of fused-ring (bicyclic) bond motifs is 1. The molecule has 0 unspecified atom stereocenters. The fourth-order valence-corrected chi connectivity index (χ4v) is 5.59. The molecule has 1 atom stereocenters. The highest BCUT2D eigenvalue weighted by Crippen LogP contribution is 2.25. The number of rotatable bonds is 12. The Morgan fingerprint density at radius 2 is 1.95 bits per heavy atom. The summed E-state index contributed by atoms with van der Waals surface area (Å²) < 4.78 is 11.0. The molecule has 1 aromatic carbocycles. The number of amides is 2. The largest absolute Gasteiger partial charge is 0.486 e. The first-order valence-corrected chi connectivity index (χ1v) is 15.1. The summed E-state index contributed by atoms with van der Waals surface area (Å²) >= 11 is 0. The lowest BCUT2D eigenvalue weighted by molar-refractivity contribution is -0.132. The van der Waals surface area contributed by atoms with E-state index in [1.807, 2.05) is 11.0 Å². The van der Waals surface area contributed by atoms with Crippen LogP contribution >= 0.6 is 13.5 Å². The highest BCUT2D eigenvalue weighted by molar-refractivity contribution is 7.59. The minimum atomic E-state index is -0.696. The van der Waals surface area contributed by atoms with Crippen LogP contribution in [0.3, 0.4) is 0 Å². The number of benzene rings is 1. The third-order valence-corrected chi connectivity index (χ3v) is 7.91. The second-order valence-electron chi connectivity index (χ2n) is 11.9. The van der Waals surface area contributed by atoms with Gasteiger partial charge in [0.1, 0.15) is 18.2 Å². The van der Waals surface area contributed by atoms with Gasteiger partial charge in [-0.15, -0.1) is 0 Å². The zero-order valence-electron chi connectivity index (χ0n) is 25.5. The average molecular weight is 625 g/mol. The summed E-state index contributed by atoms with van der Waals surface area (Å²) in [5, 5.41) is 17.0. The van der Waals surface area contributed by atoms with Gasteiger partial charge in [-0.25, -0.2) is 9.97 Å². The van der Waals surface area contributed by atoms with Gasteiger partial charge in [-0.1, -0.05) is 19.9 Å². The molecule has 1 saturated heterocycles. The Morgan fingerprint density at radius 3 is 2.70 bits per heavy atom. The number of hydrogen-bond donors (Lipinski definition) is 3. The molecule has 0 saturated carbocycles. The van der Waals surface area contributed by atoms with E-state index < -0.39 is 6.10 Å². The molecule has 2 amide bonds. The van der Waals surface area contributed by atoms with Crippen molar-refractivity contribution in [2.24, 2.45) is 5.92 Å². The standard InChI is InChI=1S/C32H42N6O5.H2S/c1-22(2)13-31(40)38-11-7-26(8-12-38)36-30-15-24(5-9-34-30)32(41)35-16-27(39)19-37-10-6-23-14-28(4-3-25(23)18-37)42-20-29-17-33-21-43-29;/h3-5,9,14-15,17,21-22,26-27,39H,6-8,10-13,16,18-20H2,1-2H3,(H,34,36)(H,35,41);1H2/t27-;/m0./s1. The van der Waals surface area contributed by atoms with Gasteiger partial charge in [-0.05, 0) is 60.6 Å². The number of β-amino-alcohol motifs (C(OH)–C–C–N with tert-alkyl or cyclic N) is 1. The predicted molar refractivity (Wildman–Crippen MR) is 172 cm³/mol. The van der Waals surface area contributed by atoms with Crippen molar-refractivity contribution in [3.8, 4) is 5.75 Å². The number of aromatic nitrogens is 2. The summed E-state index contributed by atoms with van der Waals surface area (Å²) in [6.45, 7) is 8.07. The third kappa shape index (κ3) is 9.44. The number of nitrogens with one attached hydrogen (secondary N) is 2. The minimum absolute atomic E-state index is 0. The number of pyridine rings is 1. The van der Waals surface area contributed by atoms with E-state index in [9.17, 15) is 14.7 Å². The first kappa shape index (κ1) is 33.3. The number of anilines is 1. The Morgan fingerprint density at radius 1 is 1.14 bits per heavy atom. The van der Waals surface area contributed by atoms with Crippen LogP contribution in [0.5, 0.6) is 5.75 Å². The zero-order chi connectivity index (χ0) is 30.2. The number of nitrogens with zero attached hydrogens (tertiary/aromatic N) is 4. The van der Waals surface area contributed by atoms with Crippen molar-refractivity contribution >= 4 is 31.1 Å². The van der Waals surface area contributed by atoms with E-state index in [1.54, 1.807) is 24.5 Å².